The van der Waals surface area contributed by atoms with Crippen molar-refractivity contribution >= 4 is 40.6 Å². The van der Waals surface area contributed by atoms with Crippen LogP contribution < -0.4 is 15.4 Å². The summed E-state index contributed by atoms with van der Waals surface area (Å²) in [5.74, 6) is 0.835. The molecule has 0 amide bonds. The Morgan fingerprint density at radius 1 is 1.14 bits per heavy atom. The number of benzene rings is 2. The first kappa shape index (κ1) is 22.0. The highest BCUT2D eigenvalue weighted by molar-refractivity contribution is 7.80. The van der Waals surface area contributed by atoms with Crippen LogP contribution >= 0.6 is 23.8 Å². The van der Waals surface area contributed by atoms with E-state index in [4.69, 9.17) is 33.3 Å². The number of methoxy groups -OCH3 is 2. The molecule has 28 heavy (non-hydrogen) atoms. The minimum absolute atomic E-state index is 0.0217. The summed E-state index contributed by atoms with van der Waals surface area (Å²) in [4.78, 5) is 11.7. The number of carbonyl (C=O) groups is 1. The third-order valence-corrected chi connectivity index (χ3v) is 4.72. The second-order valence-corrected chi connectivity index (χ2v) is 7.56. The van der Waals surface area contributed by atoms with Crippen molar-refractivity contribution in [3.05, 3.63) is 58.6 Å². The van der Waals surface area contributed by atoms with Gasteiger partial charge in [0.05, 0.1) is 36.5 Å². The average Bonchev–Trinajstić information content (AvgIpc) is 2.68. The quantitative estimate of drug-likeness (QED) is 0.473. The molecule has 0 heterocycles. The summed E-state index contributed by atoms with van der Waals surface area (Å²) in [5, 5.41) is 7.31. The predicted octanol–water partition coefficient (Wildman–Crippen LogP) is 5.21. The van der Waals surface area contributed by atoms with Crippen molar-refractivity contribution < 1.29 is 14.3 Å². The molecule has 1 atom stereocenters. The Morgan fingerprint density at radius 2 is 1.82 bits per heavy atom. The molecular weight excluding hydrogens is 396 g/mol. The van der Waals surface area contributed by atoms with Gasteiger partial charge in [0.1, 0.15) is 5.75 Å². The molecule has 0 aliphatic heterocycles. The molecule has 0 bridgehead atoms. The second-order valence-electron chi connectivity index (χ2n) is 6.74. The molecule has 0 fully saturated rings. The van der Waals surface area contributed by atoms with E-state index >= 15 is 0 Å². The summed E-state index contributed by atoms with van der Waals surface area (Å²) in [5.41, 5.74) is 2.04. The highest BCUT2D eigenvalue weighted by atomic mass is 35.5. The normalized spacial score (nSPS) is 11.6. The highest BCUT2D eigenvalue weighted by Crippen LogP contribution is 2.26. The lowest BCUT2D eigenvalue weighted by atomic mass is 9.97. The van der Waals surface area contributed by atoms with Crippen LogP contribution in [0.3, 0.4) is 0 Å². The first-order chi connectivity index (χ1) is 13.3. The van der Waals surface area contributed by atoms with Crippen molar-refractivity contribution in [2.24, 2.45) is 5.92 Å². The van der Waals surface area contributed by atoms with E-state index in [1.54, 1.807) is 25.3 Å². The zero-order valence-electron chi connectivity index (χ0n) is 16.4. The molecule has 2 N–H and O–H groups in total. The molecule has 2 rings (SSSR count). The number of hydrogen-bond acceptors (Lipinski definition) is 4. The van der Waals surface area contributed by atoms with Gasteiger partial charge in [0.25, 0.3) is 0 Å². The number of thiocarbonyl (C=S) groups is 1. The third kappa shape index (κ3) is 6.11. The van der Waals surface area contributed by atoms with Gasteiger partial charge in [-0.2, -0.15) is 0 Å². The van der Waals surface area contributed by atoms with Gasteiger partial charge in [-0.25, -0.2) is 4.79 Å². The molecule has 0 aliphatic rings. The molecule has 0 aliphatic carbocycles. The van der Waals surface area contributed by atoms with Crippen LogP contribution in [0.5, 0.6) is 5.75 Å². The summed E-state index contributed by atoms with van der Waals surface area (Å²) in [6, 6.07) is 12.8. The Hall–Kier alpha value is -2.31. The van der Waals surface area contributed by atoms with E-state index < -0.39 is 5.97 Å². The number of ether oxygens (including phenoxy) is 2. The lowest BCUT2D eigenvalue weighted by Gasteiger charge is -2.23. The van der Waals surface area contributed by atoms with Crippen molar-refractivity contribution in [2.45, 2.75) is 26.3 Å². The van der Waals surface area contributed by atoms with E-state index in [1.165, 1.54) is 7.11 Å². The van der Waals surface area contributed by atoms with Gasteiger partial charge in [0, 0.05) is 0 Å². The fraction of sp³-hybridized carbons (Fsp3) is 0.333. The third-order valence-electron chi connectivity index (χ3n) is 4.17. The van der Waals surface area contributed by atoms with Gasteiger partial charge in [-0.15, -0.1) is 0 Å². The van der Waals surface area contributed by atoms with E-state index in [2.05, 4.69) is 24.5 Å². The van der Waals surface area contributed by atoms with Gasteiger partial charge >= 0.3 is 5.97 Å². The van der Waals surface area contributed by atoms with Crippen molar-refractivity contribution in [3.63, 3.8) is 0 Å². The summed E-state index contributed by atoms with van der Waals surface area (Å²) >= 11 is 11.7. The van der Waals surface area contributed by atoms with Crippen LogP contribution in [-0.2, 0) is 4.74 Å². The van der Waals surface area contributed by atoms with Crippen molar-refractivity contribution in [1.29, 1.82) is 0 Å². The number of esters is 1. The van der Waals surface area contributed by atoms with Crippen LogP contribution in [0, 0.1) is 5.92 Å². The lowest BCUT2D eigenvalue weighted by Crippen LogP contribution is -2.33. The zero-order chi connectivity index (χ0) is 20.7. The largest absolute Gasteiger partial charge is 0.497 e. The molecule has 0 radical (unpaired) electrons. The van der Waals surface area contributed by atoms with Gasteiger partial charge in [0.15, 0.2) is 5.11 Å². The number of nitrogens with one attached hydrogen (secondary N) is 2. The summed E-state index contributed by atoms with van der Waals surface area (Å²) in [6.45, 7) is 4.32. The number of hydrogen-bond donors (Lipinski definition) is 2. The van der Waals surface area contributed by atoms with Crippen LogP contribution in [0.15, 0.2) is 42.5 Å². The molecule has 150 valence electrons. The molecule has 0 unspecified atom stereocenters. The van der Waals surface area contributed by atoms with E-state index in [0.29, 0.717) is 27.3 Å². The van der Waals surface area contributed by atoms with Crippen LogP contribution in [-0.4, -0.2) is 25.3 Å². The molecule has 0 aromatic heterocycles. The minimum Gasteiger partial charge on any atom is -0.497 e. The monoisotopic (exact) mass is 420 g/mol. The fourth-order valence-corrected chi connectivity index (χ4v) is 3.19. The predicted molar refractivity (Wildman–Crippen MR) is 117 cm³/mol. The SMILES string of the molecule is COC(=O)c1ccc(Cl)c(NC(=S)N[C@H](CC(C)C)c2ccc(OC)cc2)c1. The maximum atomic E-state index is 11.7. The molecule has 2 aromatic rings. The van der Waals surface area contributed by atoms with Gasteiger partial charge in [-0.1, -0.05) is 37.6 Å². The topological polar surface area (TPSA) is 59.6 Å². The van der Waals surface area contributed by atoms with Crippen molar-refractivity contribution in [1.82, 2.24) is 5.32 Å². The summed E-state index contributed by atoms with van der Waals surface area (Å²) in [7, 11) is 2.98. The number of carbonyl (C=O) groups excluding carboxylic acids is 1. The molecule has 2 aromatic carbocycles. The van der Waals surface area contributed by atoms with Crippen LogP contribution in [0.4, 0.5) is 5.69 Å². The lowest BCUT2D eigenvalue weighted by molar-refractivity contribution is 0.0601. The van der Waals surface area contributed by atoms with E-state index in [0.717, 1.165) is 17.7 Å². The summed E-state index contributed by atoms with van der Waals surface area (Å²) < 4.78 is 9.98. The Labute approximate surface area is 176 Å². The fourth-order valence-electron chi connectivity index (χ4n) is 2.77. The zero-order valence-corrected chi connectivity index (χ0v) is 18.0. The molecule has 7 heteroatoms. The maximum absolute atomic E-state index is 11.7. The minimum atomic E-state index is -0.436. The first-order valence-electron chi connectivity index (χ1n) is 8.93. The van der Waals surface area contributed by atoms with E-state index in [9.17, 15) is 4.79 Å². The van der Waals surface area contributed by atoms with Crippen molar-refractivity contribution in [3.8, 4) is 5.75 Å². The number of anilines is 1. The van der Waals surface area contributed by atoms with E-state index in [-0.39, 0.29) is 6.04 Å². The Bertz CT molecular complexity index is 825. The Balaban J connectivity index is 2.16. The Morgan fingerprint density at radius 3 is 2.39 bits per heavy atom. The number of rotatable bonds is 7. The average molecular weight is 421 g/mol. The molecular formula is C21H25ClN2O3S. The molecule has 0 saturated carbocycles. The van der Waals surface area contributed by atoms with Gasteiger partial charge < -0.3 is 20.1 Å². The first-order valence-corrected chi connectivity index (χ1v) is 9.72. The van der Waals surface area contributed by atoms with Crippen LogP contribution in [0.1, 0.15) is 42.2 Å². The highest BCUT2D eigenvalue weighted by Gasteiger charge is 2.16. The standard InChI is InChI=1S/C21H25ClN2O3S/c1-13(2)11-18(14-5-8-16(26-3)9-6-14)23-21(28)24-19-12-15(20(25)27-4)7-10-17(19)22/h5-10,12-13,18H,11H2,1-4H3,(H2,23,24,28)/t18-/m1/s1. The van der Waals surface area contributed by atoms with Gasteiger partial charge in [-0.05, 0) is 60.5 Å². The molecule has 0 spiro atoms. The van der Waals surface area contributed by atoms with Gasteiger partial charge in [-0.3, -0.25) is 0 Å². The van der Waals surface area contributed by atoms with E-state index in [1.807, 2.05) is 24.3 Å². The van der Waals surface area contributed by atoms with Crippen LogP contribution in [0.25, 0.3) is 0 Å². The summed E-state index contributed by atoms with van der Waals surface area (Å²) in [6.07, 6.45) is 0.893. The number of halogens is 1. The Kier molecular flexibility index (Phi) is 8.08. The molecule has 0 saturated heterocycles. The van der Waals surface area contributed by atoms with Crippen molar-refractivity contribution in [2.75, 3.05) is 19.5 Å². The van der Waals surface area contributed by atoms with Crippen LogP contribution in [0.2, 0.25) is 5.02 Å². The molecule has 5 nitrogen and oxygen atoms in total. The maximum Gasteiger partial charge on any atom is 0.337 e. The second kappa shape index (κ2) is 10.3. The smallest absolute Gasteiger partial charge is 0.337 e. The van der Waals surface area contributed by atoms with Gasteiger partial charge in [0.2, 0.25) is 0 Å².